The van der Waals surface area contributed by atoms with E-state index in [0.29, 0.717) is 34.8 Å². The molecule has 0 saturated carbocycles. The Bertz CT molecular complexity index is 1070. The van der Waals surface area contributed by atoms with Gasteiger partial charge in [-0.1, -0.05) is 17.7 Å². The van der Waals surface area contributed by atoms with Crippen LogP contribution in [0.2, 0.25) is 5.02 Å². The molecule has 9 heteroatoms. The molecule has 0 unspecified atom stereocenters. The molecule has 4 rings (SSSR count). The number of fused-ring (bicyclic) bond motifs is 1. The third-order valence-electron chi connectivity index (χ3n) is 5.32. The fourth-order valence-electron chi connectivity index (χ4n) is 3.90. The zero-order valence-corrected chi connectivity index (χ0v) is 18.3. The standard InChI is InChI=1S/C22H24ClN5O3/c1-4-31-17-10-5-14(11-18(17)30-3)20-19(13(2)26-22-24-12-25-28(20)22)21(29)27-16-8-6-15(23)7-9-16/h5-13,19-20H,4H2,1-3H3,(H,27,29)(H,24,25,26)/t13-,19+,20-/m0/s1. The van der Waals surface area contributed by atoms with Crippen molar-refractivity contribution in [1.82, 2.24) is 14.8 Å². The van der Waals surface area contributed by atoms with E-state index in [1.54, 1.807) is 36.1 Å². The minimum absolute atomic E-state index is 0.138. The van der Waals surface area contributed by atoms with Gasteiger partial charge in [0.1, 0.15) is 6.33 Å². The Kier molecular flexibility index (Phi) is 5.99. The van der Waals surface area contributed by atoms with Crippen LogP contribution in [0.25, 0.3) is 0 Å². The smallest absolute Gasteiger partial charge is 0.232 e. The summed E-state index contributed by atoms with van der Waals surface area (Å²) in [6, 6.07) is 12.1. The molecule has 2 aromatic carbocycles. The lowest BCUT2D eigenvalue weighted by atomic mass is 9.85. The highest BCUT2D eigenvalue weighted by atomic mass is 35.5. The van der Waals surface area contributed by atoms with Gasteiger partial charge in [-0.2, -0.15) is 10.1 Å². The monoisotopic (exact) mass is 441 g/mol. The van der Waals surface area contributed by atoms with Crippen molar-refractivity contribution in [2.75, 3.05) is 24.4 Å². The second kappa shape index (κ2) is 8.85. The number of hydrogen-bond donors (Lipinski definition) is 2. The lowest BCUT2D eigenvalue weighted by molar-refractivity contribution is -0.121. The summed E-state index contributed by atoms with van der Waals surface area (Å²) in [6.07, 6.45) is 1.48. The van der Waals surface area contributed by atoms with E-state index in [2.05, 4.69) is 20.7 Å². The van der Waals surface area contributed by atoms with Crippen molar-refractivity contribution in [2.24, 2.45) is 5.92 Å². The first-order valence-corrected chi connectivity index (χ1v) is 10.4. The van der Waals surface area contributed by atoms with E-state index >= 15 is 0 Å². The molecule has 3 aromatic rings. The van der Waals surface area contributed by atoms with Crippen molar-refractivity contribution in [3.8, 4) is 11.5 Å². The summed E-state index contributed by atoms with van der Waals surface area (Å²) in [6.45, 7) is 4.41. The zero-order chi connectivity index (χ0) is 22.0. The Morgan fingerprint density at radius 1 is 1.23 bits per heavy atom. The number of rotatable bonds is 6. The van der Waals surface area contributed by atoms with Gasteiger partial charge >= 0.3 is 0 Å². The van der Waals surface area contributed by atoms with Crippen LogP contribution in [0.5, 0.6) is 11.5 Å². The number of nitrogens with one attached hydrogen (secondary N) is 2. The number of anilines is 2. The van der Waals surface area contributed by atoms with Gasteiger partial charge in [-0.05, 0) is 55.8 Å². The highest BCUT2D eigenvalue weighted by Gasteiger charge is 2.41. The Morgan fingerprint density at radius 3 is 2.71 bits per heavy atom. The number of aromatic nitrogens is 3. The van der Waals surface area contributed by atoms with E-state index in [1.807, 2.05) is 32.0 Å². The summed E-state index contributed by atoms with van der Waals surface area (Å²) in [4.78, 5) is 17.7. The van der Waals surface area contributed by atoms with Crippen molar-refractivity contribution in [3.63, 3.8) is 0 Å². The molecule has 0 aliphatic carbocycles. The summed E-state index contributed by atoms with van der Waals surface area (Å²) >= 11 is 5.97. The summed E-state index contributed by atoms with van der Waals surface area (Å²) in [7, 11) is 1.60. The van der Waals surface area contributed by atoms with Gasteiger partial charge in [0.2, 0.25) is 11.9 Å². The average molecular weight is 442 g/mol. The SMILES string of the molecule is CCOc1ccc([C@H]2[C@H](C(=O)Nc3ccc(Cl)cc3)[C@H](C)Nc3ncnn32)cc1OC. The highest BCUT2D eigenvalue weighted by molar-refractivity contribution is 6.30. The number of nitrogens with zero attached hydrogens (tertiary/aromatic N) is 3. The van der Waals surface area contributed by atoms with E-state index in [4.69, 9.17) is 21.1 Å². The maximum atomic E-state index is 13.4. The van der Waals surface area contributed by atoms with Crippen molar-refractivity contribution < 1.29 is 14.3 Å². The van der Waals surface area contributed by atoms with Crippen molar-refractivity contribution in [1.29, 1.82) is 0 Å². The number of hydrogen-bond acceptors (Lipinski definition) is 6. The summed E-state index contributed by atoms with van der Waals surface area (Å²) in [5.41, 5.74) is 1.55. The van der Waals surface area contributed by atoms with Gasteiger partial charge in [0.15, 0.2) is 11.5 Å². The molecule has 1 amide bonds. The van der Waals surface area contributed by atoms with Gasteiger partial charge in [-0.3, -0.25) is 4.79 Å². The van der Waals surface area contributed by atoms with Gasteiger partial charge in [0.25, 0.3) is 0 Å². The van der Waals surface area contributed by atoms with E-state index < -0.39 is 5.92 Å². The van der Waals surface area contributed by atoms with Gasteiger partial charge in [-0.15, -0.1) is 0 Å². The highest BCUT2D eigenvalue weighted by Crippen LogP contribution is 2.39. The second-order valence-corrected chi connectivity index (χ2v) is 7.71. The molecule has 31 heavy (non-hydrogen) atoms. The van der Waals surface area contributed by atoms with Gasteiger partial charge in [0, 0.05) is 16.8 Å². The maximum Gasteiger partial charge on any atom is 0.232 e. The minimum Gasteiger partial charge on any atom is -0.493 e. The Labute approximate surface area is 185 Å². The first-order chi connectivity index (χ1) is 15.0. The molecule has 8 nitrogen and oxygen atoms in total. The fourth-order valence-corrected chi connectivity index (χ4v) is 4.02. The molecule has 2 heterocycles. The van der Waals surface area contributed by atoms with Crippen LogP contribution >= 0.6 is 11.6 Å². The first kappa shape index (κ1) is 21.0. The molecular weight excluding hydrogens is 418 g/mol. The molecule has 0 fully saturated rings. The molecule has 2 N–H and O–H groups in total. The van der Waals surface area contributed by atoms with Crippen LogP contribution in [-0.4, -0.2) is 40.4 Å². The van der Waals surface area contributed by atoms with Crippen LogP contribution in [-0.2, 0) is 4.79 Å². The van der Waals surface area contributed by atoms with E-state index in [0.717, 1.165) is 5.56 Å². The predicted molar refractivity (Wildman–Crippen MR) is 119 cm³/mol. The number of carbonyl (C=O) groups excluding carboxylic acids is 1. The van der Waals surface area contributed by atoms with E-state index in [-0.39, 0.29) is 18.0 Å². The second-order valence-electron chi connectivity index (χ2n) is 7.27. The minimum atomic E-state index is -0.465. The van der Waals surface area contributed by atoms with Crippen LogP contribution in [0.4, 0.5) is 11.6 Å². The summed E-state index contributed by atoms with van der Waals surface area (Å²) in [5, 5.41) is 11.3. The molecule has 162 valence electrons. The normalized spacial score (nSPS) is 19.8. The molecule has 0 radical (unpaired) electrons. The number of methoxy groups -OCH3 is 1. The molecule has 0 bridgehead atoms. The molecule has 3 atom stereocenters. The Hall–Kier alpha value is -3.26. The number of amides is 1. The van der Waals surface area contributed by atoms with Crippen LogP contribution in [0.3, 0.4) is 0 Å². The van der Waals surface area contributed by atoms with Crippen molar-refractivity contribution >= 4 is 29.1 Å². The average Bonchev–Trinajstić information content (AvgIpc) is 3.23. The van der Waals surface area contributed by atoms with E-state index in [1.165, 1.54) is 6.33 Å². The molecular formula is C22H24ClN5O3. The Balaban J connectivity index is 1.73. The molecule has 0 saturated heterocycles. The van der Waals surface area contributed by atoms with Crippen LogP contribution in [0, 0.1) is 5.92 Å². The molecule has 1 aromatic heterocycles. The molecule has 0 spiro atoms. The van der Waals surface area contributed by atoms with Crippen LogP contribution < -0.4 is 20.1 Å². The topological polar surface area (TPSA) is 90.3 Å². The lowest BCUT2D eigenvalue weighted by Crippen LogP contribution is -2.46. The maximum absolute atomic E-state index is 13.4. The van der Waals surface area contributed by atoms with Crippen LogP contribution in [0.1, 0.15) is 25.5 Å². The number of carbonyl (C=O) groups is 1. The number of benzene rings is 2. The molecule has 1 aliphatic rings. The van der Waals surface area contributed by atoms with Crippen molar-refractivity contribution in [3.05, 3.63) is 59.4 Å². The number of ether oxygens (including phenoxy) is 2. The van der Waals surface area contributed by atoms with Gasteiger partial charge < -0.3 is 20.1 Å². The predicted octanol–water partition coefficient (Wildman–Crippen LogP) is 4.00. The third-order valence-corrected chi connectivity index (χ3v) is 5.57. The molecule has 1 aliphatic heterocycles. The lowest BCUT2D eigenvalue weighted by Gasteiger charge is -2.37. The van der Waals surface area contributed by atoms with Gasteiger partial charge in [-0.25, -0.2) is 4.68 Å². The quantitative estimate of drug-likeness (QED) is 0.601. The first-order valence-electron chi connectivity index (χ1n) is 10.0. The van der Waals surface area contributed by atoms with Gasteiger partial charge in [0.05, 0.1) is 25.7 Å². The summed E-state index contributed by atoms with van der Waals surface area (Å²) in [5.74, 6) is 1.26. The Morgan fingerprint density at radius 2 is 2.00 bits per heavy atom. The summed E-state index contributed by atoms with van der Waals surface area (Å²) < 4.78 is 12.9. The van der Waals surface area contributed by atoms with Crippen molar-refractivity contribution in [2.45, 2.75) is 25.9 Å². The fraction of sp³-hybridized carbons (Fsp3) is 0.318. The zero-order valence-electron chi connectivity index (χ0n) is 17.5. The largest absolute Gasteiger partial charge is 0.493 e. The number of halogens is 1. The van der Waals surface area contributed by atoms with E-state index in [9.17, 15) is 4.79 Å². The van der Waals surface area contributed by atoms with Crippen LogP contribution in [0.15, 0.2) is 48.8 Å². The third kappa shape index (κ3) is 4.16.